The quantitative estimate of drug-likeness (QED) is 0.689. The van der Waals surface area contributed by atoms with Crippen LogP contribution in [-0.4, -0.2) is 4.98 Å². The fourth-order valence-electron chi connectivity index (χ4n) is 1.87. The van der Waals surface area contributed by atoms with E-state index in [4.69, 9.17) is 11.6 Å². The topological polar surface area (TPSA) is 24.9 Å². The van der Waals surface area contributed by atoms with Gasteiger partial charge in [-0.15, -0.1) is 11.3 Å². The van der Waals surface area contributed by atoms with Crippen LogP contribution in [0.25, 0.3) is 10.8 Å². The number of rotatable bonds is 3. The maximum atomic E-state index is 5.86. The van der Waals surface area contributed by atoms with Crippen LogP contribution in [-0.2, 0) is 6.54 Å². The number of fused-ring (bicyclic) bond motifs is 1. The molecule has 0 radical (unpaired) electrons. The Hall–Kier alpha value is -1.10. The van der Waals surface area contributed by atoms with Crippen LogP contribution < -0.4 is 5.32 Å². The van der Waals surface area contributed by atoms with Crippen molar-refractivity contribution >= 4 is 55.3 Å². The number of aromatic nitrogens is 1. The molecule has 96 valence electrons. The molecule has 3 rings (SSSR count). The van der Waals surface area contributed by atoms with Crippen molar-refractivity contribution < 1.29 is 0 Å². The summed E-state index contributed by atoms with van der Waals surface area (Å²) >= 11 is 10.8. The molecule has 0 spiro atoms. The van der Waals surface area contributed by atoms with Gasteiger partial charge < -0.3 is 5.32 Å². The molecule has 3 aromatic rings. The highest BCUT2D eigenvalue weighted by atomic mass is 79.9. The fourth-order valence-corrected chi connectivity index (χ4v) is 3.15. The molecule has 2 nitrogen and oxygen atoms in total. The Labute approximate surface area is 128 Å². The van der Waals surface area contributed by atoms with Crippen molar-refractivity contribution in [2.45, 2.75) is 6.54 Å². The third-order valence-corrected chi connectivity index (χ3v) is 4.38. The van der Waals surface area contributed by atoms with E-state index in [1.54, 1.807) is 6.20 Å². The molecule has 5 heteroatoms. The molecule has 2 aromatic carbocycles. The summed E-state index contributed by atoms with van der Waals surface area (Å²) in [4.78, 5) is 4.22. The Morgan fingerprint density at radius 2 is 1.95 bits per heavy atom. The van der Waals surface area contributed by atoms with E-state index in [9.17, 15) is 0 Å². The van der Waals surface area contributed by atoms with Crippen LogP contribution in [0.15, 0.2) is 47.1 Å². The molecule has 0 aliphatic rings. The minimum Gasteiger partial charge on any atom is -0.379 e. The number of halogens is 2. The lowest BCUT2D eigenvalue weighted by Crippen LogP contribution is -1.98. The maximum absolute atomic E-state index is 5.86. The largest absolute Gasteiger partial charge is 0.379 e. The number of thiazole rings is 1. The van der Waals surface area contributed by atoms with Gasteiger partial charge in [0.1, 0.15) is 9.34 Å². The Kier molecular flexibility index (Phi) is 3.73. The van der Waals surface area contributed by atoms with Crippen LogP contribution in [0.5, 0.6) is 0 Å². The maximum Gasteiger partial charge on any atom is 0.113 e. The summed E-state index contributed by atoms with van der Waals surface area (Å²) in [5.74, 6) is 0. The summed E-state index contributed by atoms with van der Waals surface area (Å²) in [6, 6.07) is 12.6. The van der Waals surface area contributed by atoms with Gasteiger partial charge in [0, 0.05) is 10.2 Å². The summed E-state index contributed by atoms with van der Waals surface area (Å²) in [6.07, 6.45) is 1.68. The average Bonchev–Trinajstić information content (AvgIpc) is 2.82. The van der Waals surface area contributed by atoms with Crippen LogP contribution in [0.1, 0.15) is 5.01 Å². The van der Waals surface area contributed by atoms with Crippen molar-refractivity contribution in [2.24, 2.45) is 0 Å². The van der Waals surface area contributed by atoms with Crippen LogP contribution in [0.3, 0.4) is 0 Å². The average molecular weight is 354 g/mol. The molecule has 0 bridgehead atoms. The summed E-state index contributed by atoms with van der Waals surface area (Å²) < 4.78 is 1.82. The predicted octanol–water partition coefficient (Wildman–Crippen LogP) is 5.32. The van der Waals surface area contributed by atoms with Crippen molar-refractivity contribution in [2.75, 3.05) is 5.32 Å². The lowest BCUT2D eigenvalue weighted by atomic mass is 10.1. The number of hydrogen-bond donors (Lipinski definition) is 1. The molecule has 0 saturated heterocycles. The zero-order valence-corrected chi connectivity index (χ0v) is 13.0. The molecule has 0 atom stereocenters. The lowest BCUT2D eigenvalue weighted by molar-refractivity contribution is 1.10. The Balaban J connectivity index is 1.79. The minimum absolute atomic E-state index is 0.694. The van der Waals surface area contributed by atoms with E-state index >= 15 is 0 Å². The summed E-state index contributed by atoms with van der Waals surface area (Å²) in [7, 11) is 0. The molecule has 1 N–H and O–H groups in total. The van der Waals surface area contributed by atoms with E-state index in [1.165, 1.54) is 22.1 Å². The molecule has 0 aliphatic carbocycles. The Morgan fingerprint density at radius 1 is 1.16 bits per heavy atom. The SMILES string of the molecule is Clc1cnc(CNc2ccc3cc(Br)ccc3c2)s1. The second-order valence-corrected chi connectivity index (χ2v) is 6.78. The number of nitrogens with one attached hydrogen (secondary N) is 1. The van der Waals surface area contributed by atoms with Crippen LogP contribution in [0.2, 0.25) is 4.34 Å². The monoisotopic (exact) mass is 352 g/mol. The van der Waals surface area contributed by atoms with Crippen LogP contribution >= 0.6 is 38.9 Å². The Morgan fingerprint density at radius 3 is 2.74 bits per heavy atom. The first-order valence-electron chi connectivity index (χ1n) is 5.74. The molecule has 0 fully saturated rings. The highest BCUT2D eigenvalue weighted by molar-refractivity contribution is 9.10. The van der Waals surface area contributed by atoms with E-state index in [-0.39, 0.29) is 0 Å². The van der Waals surface area contributed by atoms with E-state index in [2.05, 4.69) is 56.6 Å². The van der Waals surface area contributed by atoms with Gasteiger partial charge in [-0.2, -0.15) is 0 Å². The number of benzene rings is 2. The van der Waals surface area contributed by atoms with Crippen LogP contribution in [0.4, 0.5) is 5.69 Å². The number of nitrogens with zero attached hydrogens (tertiary/aromatic N) is 1. The van der Waals surface area contributed by atoms with E-state index in [0.717, 1.165) is 19.5 Å². The smallest absolute Gasteiger partial charge is 0.113 e. The summed E-state index contributed by atoms with van der Waals surface area (Å²) in [6.45, 7) is 0.694. The van der Waals surface area contributed by atoms with Crippen molar-refractivity contribution in [1.29, 1.82) is 0 Å². The molecule has 0 unspecified atom stereocenters. The molecule has 0 aliphatic heterocycles. The van der Waals surface area contributed by atoms with E-state index in [1.807, 2.05) is 6.07 Å². The van der Waals surface area contributed by atoms with Gasteiger partial charge in [-0.3, -0.25) is 0 Å². The highest BCUT2D eigenvalue weighted by Crippen LogP contribution is 2.24. The fraction of sp³-hybridized carbons (Fsp3) is 0.0714. The summed E-state index contributed by atoms with van der Waals surface area (Å²) in [5.41, 5.74) is 1.08. The zero-order valence-electron chi connectivity index (χ0n) is 9.86. The lowest BCUT2D eigenvalue weighted by Gasteiger charge is -2.06. The van der Waals surface area contributed by atoms with Crippen molar-refractivity contribution in [3.63, 3.8) is 0 Å². The van der Waals surface area contributed by atoms with Gasteiger partial charge in [0.2, 0.25) is 0 Å². The van der Waals surface area contributed by atoms with E-state index < -0.39 is 0 Å². The van der Waals surface area contributed by atoms with Gasteiger partial charge >= 0.3 is 0 Å². The predicted molar refractivity (Wildman–Crippen MR) is 86.1 cm³/mol. The molecular formula is C14H10BrClN2S. The first-order valence-corrected chi connectivity index (χ1v) is 7.73. The molecule has 19 heavy (non-hydrogen) atoms. The molecule has 1 aromatic heterocycles. The summed E-state index contributed by atoms with van der Waals surface area (Å²) in [5, 5.41) is 6.78. The number of anilines is 1. The normalized spacial score (nSPS) is 10.8. The van der Waals surface area contributed by atoms with Crippen molar-refractivity contribution in [3.05, 3.63) is 56.4 Å². The van der Waals surface area contributed by atoms with Crippen molar-refractivity contribution in [3.8, 4) is 0 Å². The van der Waals surface area contributed by atoms with E-state index in [0.29, 0.717) is 6.54 Å². The third kappa shape index (κ3) is 3.08. The van der Waals surface area contributed by atoms with Gasteiger partial charge in [-0.1, -0.05) is 39.7 Å². The van der Waals surface area contributed by atoms with Gasteiger partial charge in [0.05, 0.1) is 12.7 Å². The number of hydrogen-bond acceptors (Lipinski definition) is 3. The van der Waals surface area contributed by atoms with Gasteiger partial charge in [0.25, 0.3) is 0 Å². The second-order valence-electron chi connectivity index (χ2n) is 4.12. The van der Waals surface area contributed by atoms with Gasteiger partial charge in [0.15, 0.2) is 0 Å². The minimum atomic E-state index is 0.694. The first-order chi connectivity index (χ1) is 9.20. The first kappa shape index (κ1) is 12.9. The zero-order chi connectivity index (χ0) is 13.2. The highest BCUT2D eigenvalue weighted by Gasteiger charge is 2.01. The Bertz CT molecular complexity index is 726. The van der Waals surface area contributed by atoms with Gasteiger partial charge in [-0.05, 0) is 35.0 Å². The van der Waals surface area contributed by atoms with Crippen molar-refractivity contribution in [1.82, 2.24) is 4.98 Å². The standard InChI is InChI=1S/C14H10BrClN2S/c15-11-3-1-10-6-12(4-2-9(10)5-11)17-8-14-18-7-13(16)19-14/h1-7,17H,8H2. The van der Waals surface area contributed by atoms with Crippen LogP contribution in [0, 0.1) is 0 Å². The molecule has 1 heterocycles. The third-order valence-electron chi connectivity index (χ3n) is 2.77. The molecule has 0 saturated carbocycles. The molecular weight excluding hydrogens is 344 g/mol. The second kappa shape index (κ2) is 5.49. The van der Waals surface area contributed by atoms with Gasteiger partial charge in [-0.25, -0.2) is 4.98 Å². The molecule has 0 amide bonds.